The van der Waals surface area contributed by atoms with Crippen molar-refractivity contribution in [2.24, 2.45) is 5.73 Å². The summed E-state index contributed by atoms with van der Waals surface area (Å²) in [5, 5.41) is 3.25. The number of nitrogens with two attached hydrogens (primary N) is 1. The average molecular weight is 228 g/mol. The van der Waals surface area contributed by atoms with E-state index in [1.54, 1.807) is 18.4 Å². The van der Waals surface area contributed by atoms with Gasteiger partial charge in [-0.1, -0.05) is 6.92 Å². The molecule has 0 amide bonds. The van der Waals surface area contributed by atoms with Crippen molar-refractivity contribution >= 4 is 11.3 Å². The van der Waals surface area contributed by atoms with E-state index in [9.17, 15) is 0 Å². The minimum atomic E-state index is 0.236. The Bertz CT molecular complexity index is 261. The first-order valence-electron chi connectivity index (χ1n) is 5.37. The van der Waals surface area contributed by atoms with Crippen molar-refractivity contribution in [2.75, 3.05) is 7.11 Å². The third kappa shape index (κ3) is 4.28. The molecule has 0 spiro atoms. The Hall–Kier alpha value is -0.450. The van der Waals surface area contributed by atoms with E-state index in [1.165, 1.54) is 0 Å². The lowest BCUT2D eigenvalue weighted by atomic mass is 10.1. The van der Waals surface area contributed by atoms with Crippen molar-refractivity contribution in [3.05, 3.63) is 16.1 Å². The van der Waals surface area contributed by atoms with Gasteiger partial charge in [-0.2, -0.15) is 0 Å². The number of ether oxygens (including phenoxy) is 1. The van der Waals surface area contributed by atoms with Crippen LogP contribution in [0.25, 0.3) is 0 Å². The monoisotopic (exact) mass is 228 g/mol. The minimum Gasteiger partial charge on any atom is -0.381 e. The predicted octanol–water partition coefficient (Wildman–Crippen LogP) is 2.00. The molecule has 0 fully saturated rings. The van der Waals surface area contributed by atoms with Crippen molar-refractivity contribution in [1.29, 1.82) is 0 Å². The van der Waals surface area contributed by atoms with E-state index in [1.807, 2.05) is 0 Å². The highest BCUT2D eigenvalue weighted by Crippen LogP contribution is 2.14. The molecule has 2 N–H and O–H groups in total. The number of hydrogen-bond acceptors (Lipinski definition) is 4. The Morgan fingerprint density at radius 1 is 1.53 bits per heavy atom. The summed E-state index contributed by atoms with van der Waals surface area (Å²) in [5.41, 5.74) is 7.00. The van der Waals surface area contributed by atoms with Gasteiger partial charge in [0.15, 0.2) is 0 Å². The van der Waals surface area contributed by atoms with Crippen molar-refractivity contribution < 1.29 is 4.74 Å². The molecule has 15 heavy (non-hydrogen) atoms. The molecule has 1 aromatic heterocycles. The van der Waals surface area contributed by atoms with Gasteiger partial charge in [0.05, 0.1) is 16.8 Å². The fraction of sp³-hybridized carbons (Fsp3) is 0.727. The van der Waals surface area contributed by atoms with Crippen LogP contribution in [-0.4, -0.2) is 24.2 Å². The van der Waals surface area contributed by atoms with Crippen LogP contribution in [0.5, 0.6) is 0 Å². The SMILES string of the molecule is CCC(N)Cc1csc(CC(C)OC)n1. The average Bonchev–Trinajstić information content (AvgIpc) is 2.65. The Kier molecular flexibility index (Phi) is 5.22. The minimum absolute atomic E-state index is 0.236. The number of aromatic nitrogens is 1. The fourth-order valence-corrected chi connectivity index (χ4v) is 2.20. The normalized spacial score (nSPS) is 15.2. The zero-order chi connectivity index (χ0) is 11.3. The summed E-state index contributed by atoms with van der Waals surface area (Å²) in [5.74, 6) is 0. The number of nitrogens with zero attached hydrogens (tertiary/aromatic N) is 1. The third-order valence-electron chi connectivity index (χ3n) is 2.46. The van der Waals surface area contributed by atoms with Crippen LogP contribution in [0.3, 0.4) is 0 Å². The summed E-state index contributed by atoms with van der Waals surface area (Å²) in [7, 11) is 1.73. The van der Waals surface area contributed by atoms with Crippen LogP contribution < -0.4 is 5.73 Å². The van der Waals surface area contributed by atoms with E-state index in [-0.39, 0.29) is 12.1 Å². The summed E-state index contributed by atoms with van der Waals surface area (Å²) in [6, 6.07) is 0.236. The molecule has 1 heterocycles. The number of hydrogen-bond donors (Lipinski definition) is 1. The molecule has 2 unspecified atom stereocenters. The second-order valence-electron chi connectivity index (χ2n) is 3.86. The molecule has 0 saturated heterocycles. The Balaban J connectivity index is 2.49. The maximum absolute atomic E-state index is 5.88. The van der Waals surface area contributed by atoms with Crippen LogP contribution in [0.1, 0.15) is 31.0 Å². The van der Waals surface area contributed by atoms with E-state index in [4.69, 9.17) is 10.5 Å². The van der Waals surface area contributed by atoms with Gasteiger partial charge in [0.25, 0.3) is 0 Å². The zero-order valence-corrected chi connectivity index (χ0v) is 10.5. The van der Waals surface area contributed by atoms with E-state index < -0.39 is 0 Å². The van der Waals surface area contributed by atoms with Crippen LogP contribution in [0.2, 0.25) is 0 Å². The Morgan fingerprint density at radius 3 is 2.87 bits per heavy atom. The van der Waals surface area contributed by atoms with Gasteiger partial charge in [-0.25, -0.2) is 4.98 Å². The molecular formula is C11H20N2OS. The molecule has 3 nitrogen and oxygen atoms in total. The standard InChI is InChI=1S/C11H20N2OS/c1-4-9(12)6-10-7-15-11(13-10)5-8(2)14-3/h7-9H,4-6,12H2,1-3H3. The molecule has 0 aromatic carbocycles. The lowest BCUT2D eigenvalue weighted by Gasteiger charge is -2.06. The smallest absolute Gasteiger partial charge is 0.0954 e. The summed E-state index contributed by atoms with van der Waals surface area (Å²) < 4.78 is 5.21. The second kappa shape index (κ2) is 6.20. The Morgan fingerprint density at radius 2 is 2.27 bits per heavy atom. The molecule has 1 aromatic rings. The molecule has 0 aliphatic rings. The van der Waals surface area contributed by atoms with E-state index in [2.05, 4.69) is 24.2 Å². The van der Waals surface area contributed by atoms with Crippen LogP contribution >= 0.6 is 11.3 Å². The topological polar surface area (TPSA) is 48.1 Å². The van der Waals surface area contributed by atoms with Crippen LogP contribution in [0.15, 0.2) is 5.38 Å². The largest absolute Gasteiger partial charge is 0.381 e. The number of methoxy groups -OCH3 is 1. The first kappa shape index (κ1) is 12.6. The predicted molar refractivity (Wildman–Crippen MR) is 64.3 cm³/mol. The second-order valence-corrected chi connectivity index (χ2v) is 4.80. The molecule has 4 heteroatoms. The van der Waals surface area contributed by atoms with Gasteiger partial charge in [0.2, 0.25) is 0 Å². The van der Waals surface area contributed by atoms with Crippen LogP contribution in [0, 0.1) is 0 Å². The molecular weight excluding hydrogens is 208 g/mol. The maximum atomic E-state index is 5.88. The highest BCUT2D eigenvalue weighted by Gasteiger charge is 2.08. The van der Waals surface area contributed by atoms with Gasteiger partial charge in [-0.3, -0.25) is 0 Å². The molecule has 1 rings (SSSR count). The molecule has 0 aliphatic heterocycles. The summed E-state index contributed by atoms with van der Waals surface area (Å²) >= 11 is 1.70. The number of thiazole rings is 1. The van der Waals surface area contributed by atoms with Crippen LogP contribution in [0.4, 0.5) is 0 Å². The quantitative estimate of drug-likeness (QED) is 0.810. The molecule has 86 valence electrons. The molecule has 0 saturated carbocycles. The van der Waals surface area contributed by atoms with Crippen molar-refractivity contribution in [3.8, 4) is 0 Å². The maximum Gasteiger partial charge on any atom is 0.0954 e. The molecule has 0 radical (unpaired) electrons. The molecule has 0 bridgehead atoms. The summed E-state index contributed by atoms with van der Waals surface area (Å²) in [6.45, 7) is 4.16. The first-order chi connectivity index (χ1) is 7.15. The zero-order valence-electron chi connectivity index (χ0n) is 9.69. The van der Waals surface area contributed by atoms with Crippen molar-refractivity contribution in [3.63, 3.8) is 0 Å². The van der Waals surface area contributed by atoms with Crippen molar-refractivity contribution in [2.45, 2.75) is 45.3 Å². The van der Waals surface area contributed by atoms with Gasteiger partial charge in [-0.05, 0) is 13.3 Å². The summed E-state index contributed by atoms with van der Waals surface area (Å²) in [6.07, 6.45) is 3.02. The Labute approximate surface area is 95.7 Å². The first-order valence-corrected chi connectivity index (χ1v) is 6.25. The van der Waals surface area contributed by atoms with Gasteiger partial charge in [0, 0.05) is 31.4 Å². The lowest BCUT2D eigenvalue weighted by molar-refractivity contribution is 0.118. The fourth-order valence-electron chi connectivity index (χ4n) is 1.28. The van der Waals surface area contributed by atoms with Gasteiger partial charge < -0.3 is 10.5 Å². The highest BCUT2D eigenvalue weighted by molar-refractivity contribution is 7.09. The van der Waals surface area contributed by atoms with Gasteiger partial charge in [0.1, 0.15) is 0 Å². The van der Waals surface area contributed by atoms with Crippen molar-refractivity contribution in [1.82, 2.24) is 4.98 Å². The summed E-state index contributed by atoms with van der Waals surface area (Å²) in [4.78, 5) is 4.54. The number of rotatable bonds is 6. The lowest BCUT2D eigenvalue weighted by Crippen LogP contribution is -2.21. The van der Waals surface area contributed by atoms with Gasteiger partial charge in [-0.15, -0.1) is 11.3 Å². The molecule has 0 aliphatic carbocycles. The van der Waals surface area contributed by atoms with E-state index in [0.29, 0.717) is 0 Å². The van der Waals surface area contributed by atoms with E-state index >= 15 is 0 Å². The highest BCUT2D eigenvalue weighted by atomic mass is 32.1. The van der Waals surface area contributed by atoms with E-state index in [0.717, 1.165) is 30.0 Å². The molecule has 2 atom stereocenters. The van der Waals surface area contributed by atoms with Crippen LogP contribution in [-0.2, 0) is 17.6 Å². The van der Waals surface area contributed by atoms with Gasteiger partial charge >= 0.3 is 0 Å². The third-order valence-corrected chi connectivity index (χ3v) is 3.38.